The first-order chi connectivity index (χ1) is 9.08. The van der Waals surface area contributed by atoms with Crippen LogP contribution in [0.3, 0.4) is 0 Å². The molecule has 5 heteroatoms. The van der Waals surface area contributed by atoms with Gasteiger partial charge in [0.25, 0.3) is 0 Å². The van der Waals surface area contributed by atoms with Crippen molar-refractivity contribution in [3.8, 4) is 0 Å². The first-order valence-electron chi connectivity index (χ1n) is 6.15. The lowest BCUT2D eigenvalue weighted by Gasteiger charge is -2.07. The quantitative estimate of drug-likeness (QED) is 0.808. The van der Waals surface area contributed by atoms with Gasteiger partial charge in [-0.15, -0.1) is 0 Å². The molecule has 1 amide bonds. The van der Waals surface area contributed by atoms with Crippen molar-refractivity contribution in [3.05, 3.63) is 47.3 Å². The summed E-state index contributed by atoms with van der Waals surface area (Å²) in [5, 5.41) is 7.02. The van der Waals surface area contributed by atoms with E-state index < -0.39 is 0 Å². The molecule has 3 N–H and O–H groups in total. The second kappa shape index (κ2) is 5.56. The molecule has 100 valence electrons. The van der Waals surface area contributed by atoms with E-state index in [-0.39, 0.29) is 5.91 Å². The Labute approximate surface area is 112 Å². The smallest absolute Gasteiger partial charge is 0.224 e. The van der Waals surface area contributed by atoms with E-state index in [9.17, 15) is 4.79 Å². The highest BCUT2D eigenvalue weighted by Crippen LogP contribution is 2.11. The molecule has 0 unspecified atom stereocenters. The van der Waals surface area contributed by atoms with Crippen LogP contribution in [0, 0.1) is 6.92 Å². The van der Waals surface area contributed by atoms with Crippen LogP contribution in [-0.4, -0.2) is 15.7 Å². The van der Waals surface area contributed by atoms with E-state index in [0.29, 0.717) is 18.7 Å². The number of nitrogens with one attached hydrogen (secondary N) is 1. The Morgan fingerprint density at radius 2 is 2.11 bits per heavy atom. The summed E-state index contributed by atoms with van der Waals surface area (Å²) in [6.07, 6.45) is 2.07. The number of para-hydroxylation sites is 1. The highest BCUT2D eigenvalue weighted by Gasteiger charge is 2.08. The molecule has 0 aliphatic carbocycles. The number of carbonyl (C=O) groups is 1. The molecule has 1 aromatic carbocycles. The molecular formula is C14H18N4O. The Morgan fingerprint density at radius 3 is 2.74 bits per heavy atom. The third kappa shape index (κ3) is 3.13. The molecule has 0 saturated carbocycles. The molecule has 0 fully saturated rings. The summed E-state index contributed by atoms with van der Waals surface area (Å²) in [5.74, 6) is -0.0406. The molecule has 0 bridgehead atoms. The molecule has 2 aromatic rings. The lowest BCUT2D eigenvalue weighted by Crippen LogP contribution is -2.25. The van der Waals surface area contributed by atoms with Crippen LogP contribution in [0.5, 0.6) is 0 Å². The standard InChI is InChI=1S/C14H18N4O/c1-10-12(9-17-18(10)2)8-16-14(19)7-11-5-3-4-6-13(11)15/h3-6,9H,7-8,15H2,1-2H3,(H,16,19). The van der Waals surface area contributed by atoms with Crippen molar-refractivity contribution >= 4 is 11.6 Å². The summed E-state index contributed by atoms with van der Waals surface area (Å²) in [4.78, 5) is 11.9. The van der Waals surface area contributed by atoms with Crippen LogP contribution in [0.1, 0.15) is 16.8 Å². The number of rotatable bonds is 4. The zero-order chi connectivity index (χ0) is 13.8. The number of nitrogens with zero attached hydrogens (tertiary/aromatic N) is 2. The maximum atomic E-state index is 11.9. The Bertz CT molecular complexity index is 589. The number of nitrogens with two attached hydrogens (primary N) is 1. The second-order valence-corrected chi connectivity index (χ2v) is 4.53. The van der Waals surface area contributed by atoms with E-state index >= 15 is 0 Å². The largest absolute Gasteiger partial charge is 0.398 e. The van der Waals surface area contributed by atoms with Gasteiger partial charge >= 0.3 is 0 Å². The number of benzene rings is 1. The van der Waals surface area contributed by atoms with Crippen LogP contribution < -0.4 is 11.1 Å². The monoisotopic (exact) mass is 258 g/mol. The number of hydrogen-bond donors (Lipinski definition) is 2. The number of carbonyl (C=O) groups excluding carboxylic acids is 1. The van der Waals surface area contributed by atoms with Crippen molar-refractivity contribution in [2.45, 2.75) is 19.9 Å². The molecule has 1 aromatic heterocycles. The van der Waals surface area contributed by atoms with Crippen LogP contribution in [-0.2, 0) is 24.8 Å². The van der Waals surface area contributed by atoms with Crippen LogP contribution in [0.2, 0.25) is 0 Å². The van der Waals surface area contributed by atoms with Crippen molar-refractivity contribution in [1.29, 1.82) is 0 Å². The molecule has 0 aliphatic rings. The minimum atomic E-state index is -0.0406. The van der Waals surface area contributed by atoms with Gasteiger partial charge in [-0.05, 0) is 18.6 Å². The van der Waals surface area contributed by atoms with Crippen molar-refractivity contribution < 1.29 is 4.79 Å². The molecule has 0 spiro atoms. The minimum Gasteiger partial charge on any atom is -0.398 e. The third-order valence-corrected chi connectivity index (χ3v) is 3.22. The highest BCUT2D eigenvalue weighted by molar-refractivity contribution is 5.80. The summed E-state index contributed by atoms with van der Waals surface area (Å²) >= 11 is 0. The predicted octanol–water partition coefficient (Wildman–Crippen LogP) is 1.17. The third-order valence-electron chi connectivity index (χ3n) is 3.22. The van der Waals surface area contributed by atoms with Crippen LogP contribution in [0.4, 0.5) is 5.69 Å². The Kier molecular flexibility index (Phi) is 3.85. The average molecular weight is 258 g/mol. The van der Waals surface area contributed by atoms with E-state index in [0.717, 1.165) is 16.8 Å². The lowest BCUT2D eigenvalue weighted by molar-refractivity contribution is -0.120. The highest BCUT2D eigenvalue weighted by atomic mass is 16.1. The fraction of sp³-hybridized carbons (Fsp3) is 0.286. The average Bonchev–Trinajstić information content (AvgIpc) is 2.70. The topological polar surface area (TPSA) is 72.9 Å². The van der Waals surface area contributed by atoms with E-state index in [4.69, 9.17) is 5.73 Å². The van der Waals surface area contributed by atoms with E-state index in [1.807, 2.05) is 32.2 Å². The normalized spacial score (nSPS) is 10.4. The first kappa shape index (κ1) is 13.1. The maximum absolute atomic E-state index is 11.9. The van der Waals surface area contributed by atoms with E-state index in [2.05, 4.69) is 10.4 Å². The van der Waals surface area contributed by atoms with Gasteiger partial charge in [-0.1, -0.05) is 18.2 Å². The van der Waals surface area contributed by atoms with E-state index in [1.165, 1.54) is 0 Å². The van der Waals surface area contributed by atoms with Gasteiger partial charge in [-0.2, -0.15) is 5.10 Å². The number of nitrogen functional groups attached to an aromatic ring is 1. The molecule has 2 rings (SSSR count). The number of hydrogen-bond acceptors (Lipinski definition) is 3. The molecule has 5 nitrogen and oxygen atoms in total. The minimum absolute atomic E-state index is 0.0406. The summed E-state index contributed by atoms with van der Waals surface area (Å²) < 4.78 is 1.79. The summed E-state index contributed by atoms with van der Waals surface area (Å²) in [6.45, 7) is 2.47. The number of amides is 1. The van der Waals surface area contributed by atoms with Gasteiger partial charge in [0.2, 0.25) is 5.91 Å². The zero-order valence-corrected chi connectivity index (χ0v) is 11.2. The molecule has 0 aliphatic heterocycles. The SMILES string of the molecule is Cc1c(CNC(=O)Cc2ccccc2N)cnn1C. The van der Waals surface area contributed by atoms with Gasteiger partial charge in [-0.3, -0.25) is 9.48 Å². The van der Waals surface area contributed by atoms with Crippen molar-refractivity contribution in [2.24, 2.45) is 7.05 Å². The maximum Gasteiger partial charge on any atom is 0.224 e. The lowest BCUT2D eigenvalue weighted by atomic mass is 10.1. The molecule has 19 heavy (non-hydrogen) atoms. The van der Waals surface area contributed by atoms with Crippen molar-refractivity contribution in [1.82, 2.24) is 15.1 Å². The predicted molar refractivity (Wildman–Crippen MR) is 74.4 cm³/mol. The Hall–Kier alpha value is -2.30. The van der Waals surface area contributed by atoms with E-state index in [1.54, 1.807) is 16.9 Å². The summed E-state index contributed by atoms with van der Waals surface area (Å²) in [7, 11) is 1.88. The van der Waals surface area contributed by atoms with Gasteiger partial charge in [0.1, 0.15) is 0 Å². The Balaban J connectivity index is 1.92. The molecular weight excluding hydrogens is 240 g/mol. The molecule has 0 radical (unpaired) electrons. The zero-order valence-electron chi connectivity index (χ0n) is 11.2. The van der Waals surface area contributed by atoms with Crippen molar-refractivity contribution in [2.75, 3.05) is 5.73 Å². The molecule has 0 atom stereocenters. The van der Waals surface area contributed by atoms with Gasteiger partial charge < -0.3 is 11.1 Å². The van der Waals surface area contributed by atoms with Gasteiger partial charge in [-0.25, -0.2) is 0 Å². The number of aryl methyl sites for hydroxylation is 1. The van der Waals surface area contributed by atoms with Gasteiger partial charge in [0, 0.05) is 30.5 Å². The summed E-state index contributed by atoms with van der Waals surface area (Å²) in [6, 6.07) is 7.40. The Morgan fingerprint density at radius 1 is 1.37 bits per heavy atom. The first-order valence-corrected chi connectivity index (χ1v) is 6.15. The van der Waals surface area contributed by atoms with Crippen LogP contribution in [0.15, 0.2) is 30.5 Å². The fourth-order valence-corrected chi connectivity index (χ4v) is 1.84. The van der Waals surface area contributed by atoms with Crippen molar-refractivity contribution in [3.63, 3.8) is 0 Å². The molecule has 1 heterocycles. The summed E-state index contributed by atoms with van der Waals surface area (Å²) in [5.41, 5.74) is 9.39. The van der Waals surface area contributed by atoms with Crippen LogP contribution >= 0.6 is 0 Å². The molecule has 0 saturated heterocycles. The number of aromatic nitrogens is 2. The number of anilines is 1. The van der Waals surface area contributed by atoms with Gasteiger partial charge in [0.15, 0.2) is 0 Å². The van der Waals surface area contributed by atoms with Crippen LogP contribution in [0.25, 0.3) is 0 Å². The van der Waals surface area contributed by atoms with Gasteiger partial charge in [0.05, 0.1) is 12.6 Å². The second-order valence-electron chi connectivity index (χ2n) is 4.53. The fourth-order valence-electron chi connectivity index (χ4n) is 1.84.